The van der Waals surface area contributed by atoms with Gasteiger partial charge >= 0.3 is 0 Å². The molecule has 4 aromatic rings. The number of methoxy groups -OCH3 is 1. The van der Waals surface area contributed by atoms with Crippen LogP contribution >= 0.6 is 0 Å². The summed E-state index contributed by atoms with van der Waals surface area (Å²) >= 11 is 0. The maximum absolute atomic E-state index is 5.22. The van der Waals surface area contributed by atoms with Crippen LogP contribution in [-0.2, 0) is 0 Å². The molecule has 0 fully saturated rings. The predicted molar refractivity (Wildman–Crippen MR) is 82.8 cm³/mol. The van der Waals surface area contributed by atoms with Crippen LogP contribution in [0.1, 0.15) is 5.56 Å². The van der Waals surface area contributed by atoms with Gasteiger partial charge in [0.2, 0.25) is 5.88 Å². The average molecular weight is 291 g/mol. The van der Waals surface area contributed by atoms with Crippen LogP contribution in [-0.4, -0.2) is 31.7 Å². The second kappa shape index (κ2) is 4.77. The number of hydrogen-bond donors (Lipinski definition) is 0. The first-order chi connectivity index (χ1) is 10.8. The largest absolute Gasteiger partial charge is 0.481 e. The Morgan fingerprint density at radius 2 is 1.95 bits per heavy atom. The second-order valence-electron chi connectivity index (χ2n) is 5.04. The molecule has 6 nitrogen and oxygen atoms in total. The number of aryl methyl sites for hydroxylation is 1. The zero-order valence-corrected chi connectivity index (χ0v) is 12.2. The second-order valence-corrected chi connectivity index (χ2v) is 5.04. The molecule has 0 amide bonds. The van der Waals surface area contributed by atoms with Crippen molar-refractivity contribution in [2.45, 2.75) is 6.92 Å². The molecule has 4 heterocycles. The van der Waals surface area contributed by atoms with Gasteiger partial charge in [0, 0.05) is 35.8 Å². The van der Waals surface area contributed by atoms with Gasteiger partial charge in [0.25, 0.3) is 0 Å². The molecule has 0 radical (unpaired) electrons. The third-order valence-electron chi connectivity index (χ3n) is 3.54. The molecule has 0 saturated heterocycles. The fourth-order valence-electron chi connectivity index (χ4n) is 2.50. The van der Waals surface area contributed by atoms with Gasteiger partial charge in [-0.15, -0.1) is 0 Å². The summed E-state index contributed by atoms with van der Waals surface area (Å²) in [5.74, 6) is 0.557. The Morgan fingerprint density at radius 3 is 2.82 bits per heavy atom. The number of aromatic nitrogens is 5. The number of nitrogens with zero attached hydrogens (tertiary/aromatic N) is 5. The highest BCUT2D eigenvalue weighted by atomic mass is 16.5. The lowest BCUT2D eigenvalue weighted by molar-refractivity contribution is 0.399. The van der Waals surface area contributed by atoms with E-state index in [1.54, 1.807) is 30.1 Å². The van der Waals surface area contributed by atoms with E-state index < -0.39 is 0 Å². The monoisotopic (exact) mass is 291 g/mol. The van der Waals surface area contributed by atoms with Crippen LogP contribution in [0.25, 0.3) is 27.8 Å². The first kappa shape index (κ1) is 12.7. The van der Waals surface area contributed by atoms with Gasteiger partial charge in [-0.25, -0.2) is 14.5 Å². The Bertz CT molecular complexity index is 992. The van der Waals surface area contributed by atoms with Crippen molar-refractivity contribution in [1.82, 2.24) is 24.6 Å². The zero-order valence-electron chi connectivity index (χ0n) is 12.2. The molecular weight excluding hydrogens is 278 g/mol. The minimum Gasteiger partial charge on any atom is -0.481 e. The van der Waals surface area contributed by atoms with Crippen molar-refractivity contribution in [1.29, 1.82) is 0 Å². The van der Waals surface area contributed by atoms with E-state index in [0.29, 0.717) is 5.88 Å². The molecule has 0 saturated carbocycles. The van der Waals surface area contributed by atoms with Crippen molar-refractivity contribution in [3.63, 3.8) is 0 Å². The molecule has 6 heteroatoms. The summed E-state index contributed by atoms with van der Waals surface area (Å²) in [5.41, 5.74) is 5.30. The molecule has 0 atom stereocenters. The highest BCUT2D eigenvalue weighted by molar-refractivity contribution is 5.95. The molecular formula is C16H13N5O. The topological polar surface area (TPSA) is 65.2 Å². The third-order valence-corrected chi connectivity index (χ3v) is 3.54. The van der Waals surface area contributed by atoms with E-state index >= 15 is 0 Å². The van der Waals surface area contributed by atoms with Gasteiger partial charge in [-0.05, 0) is 24.6 Å². The standard InChI is InChI=1S/C16H13N5O/c1-10-7-18-16-12(8-19-21(16)9-10)11-5-6-17-13-3-4-14(22-2)20-15(11)13/h3-9H,1-2H3. The lowest BCUT2D eigenvalue weighted by Gasteiger charge is -2.05. The lowest BCUT2D eigenvalue weighted by Crippen LogP contribution is -1.93. The minimum atomic E-state index is 0.557. The Kier molecular flexibility index (Phi) is 2.75. The summed E-state index contributed by atoms with van der Waals surface area (Å²) in [6, 6.07) is 5.62. The quantitative estimate of drug-likeness (QED) is 0.568. The van der Waals surface area contributed by atoms with E-state index in [9.17, 15) is 0 Å². The van der Waals surface area contributed by atoms with Gasteiger partial charge in [0.05, 0.1) is 18.8 Å². The number of ether oxygens (including phenoxy) is 1. The molecule has 4 rings (SSSR count). The predicted octanol–water partition coefficient (Wildman–Crippen LogP) is 2.66. The van der Waals surface area contributed by atoms with Gasteiger partial charge in [-0.1, -0.05) is 0 Å². The summed E-state index contributed by atoms with van der Waals surface area (Å²) in [4.78, 5) is 13.4. The van der Waals surface area contributed by atoms with E-state index in [-0.39, 0.29) is 0 Å². The van der Waals surface area contributed by atoms with Crippen molar-refractivity contribution in [2.24, 2.45) is 0 Å². The van der Waals surface area contributed by atoms with Crippen LogP contribution in [0.2, 0.25) is 0 Å². The van der Waals surface area contributed by atoms with Crippen molar-refractivity contribution >= 4 is 16.7 Å². The SMILES string of the molecule is COc1ccc2nccc(-c3cnn4cc(C)cnc34)c2n1. The highest BCUT2D eigenvalue weighted by Crippen LogP contribution is 2.29. The zero-order chi connectivity index (χ0) is 15.1. The molecule has 108 valence electrons. The molecule has 0 aliphatic rings. The Morgan fingerprint density at radius 1 is 1.05 bits per heavy atom. The van der Waals surface area contributed by atoms with Crippen LogP contribution in [0.4, 0.5) is 0 Å². The van der Waals surface area contributed by atoms with Crippen molar-refractivity contribution < 1.29 is 4.74 Å². The maximum atomic E-state index is 5.22. The molecule has 0 bridgehead atoms. The Balaban J connectivity index is 2.03. The van der Waals surface area contributed by atoms with E-state index in [0.717, 1.165) is 33.4 Å². The smallest absolute Gasteiger partial charge is 0.213 e. The van der Waals surface area contributed by atoms with Crippen molar-refractivity contribution in [3.05, 3.63) is 48.5 Å². The number of fused-ring (bicyclic) bond motifs is 2. The molecule has 22 heavy (non-hydrogen) atoms. The van der Waals surface area contributed by atoms with E-state index in [1.807, 2.05) is 31.5 Å². The van der Waals surface area contributed by atoms with Crippen LogP contribution in [0, 0.1) is 6.92 Å². The summed E-state index contributed by atoms with van der Waals surface area (Å²) in [6.07, 6.45) is 7.35. The normalized spacial score (nSPS) is 11.2. The fraction of sp³-hybridized carbons (Fsp3) is 0.125. The molecule has 0 aromatic carbocycles. The summed E-state index contributed by atoms with van der Waals surface area (Å²) in [5, 5.41) is 4.38. The molecule has 0 spiro atoms. The lowest BCUT2D eigenvalue weighted by atomic mass is 10.1. The number of pyridine rings is 2. The van der Waals surface area contributed by atoms with E-state index in [2.05, 4.69) is 20.1 Å². The van der Waals surface area contributed by atoms with Crippen molar-refractivity contribution in [3.8, 4) is 17.0 Å². The van der Waals surface area contributed by atoms with Crippen molar-refractivity contribution in [2.75, 3.05) is 7.11 Å². The highest BCUT2D eigenvalue weighted by Gasteiger charge is 2.13. The van der Waals surface area contributed by atoms with Gasteiger partial charge in [0.15, 0.2) is 5.65 Å². The van der Waals surface area contributed by atoms with Crippen LogP contribution in [0.5, 0.6) is 5.88 Å². The third kappa shape index (κ3) is 1.88. The summed E-state index contributed by atoms with van der Waals surface area (Å²) in [6.45, 7) is 1.99. The number of rotatable bonds is 2. The van der Waals surface area contributed by atoms with Gasteiger partial charge in [-0.2, -0.15) is 5.10 Å². The average Bonchev–Trinajstić information content (AvgIpc) is 2.96. The van der Waals surface area contributed by atoms with Crippen LogP contribution in [0.15, 0.2) is 43.0 Å². The molecule has 0 aliphatic carbocycles. The minimum absolute atomic E-state index is 0.557. The maximum Gasteiger partial charge on any atom is 0.213 e. The van der Waals surface area contributed by atoms with Gasteiger partial charge < -0.3 is 4.74 Å². The fourth-order valence-corrected chi connectivity index (χ4v) is 2.50. The Hall–Kier alpha value is -3.02. The molecule has 0 unspecified atom stereocenters. The summed E-state index contributed by atoms with van der Waals surface area (Å²) < 4.78 is 7.00. The first-order valence-corrected chi connectivity index (χ1v) is 6.86. The first-order valence-electron chi connectivity index (χ1n) is 6.86. The molecule has 4 aromatic heterocycles. The van der Waals surface area contributed by atoms with Gasteiger partial charge in [0.1, 0.15) is 5.52 Å². The van der Waals surface area contributed by atoms with E-state index in [4.69, 9.17) is 4.74 Å². The number of hydrogen-bond acceptors (Lipinski definition) is 5. The summed E-state index contributed by atoms with van der Waals surface area (Å²) in [7, 11) is 1.60. The van der Waals surface area contributed by atoms with Gasteiger partial charge in [-0.3, -0.25) is 4.98 Å². The molecule has 0 aliphatic heterocycles. The van der Waals surface area contributed by atoms with Crippen LogP contribution < -0.4 is 4.74 Å². The van der Waals surface area contributed by atoms with Crippen LogP contribution in [0.3, 0.4) is 0 Å². The molecule has 0 N–H and O–H groups in total. The van der Waals surface area contributed by atoms with E-state index in [1.165, 1.54) is 0 Å². The Labute approximate surface area is 126 Å².